The molecular formula is C19H19ClN2O3. The molecular weight excluding hydrogens is 340 g/mol. The third-order valence-corrected chi connectivity index (χ3v) is 4.71. The zero-order valence-electron chi connectivity index (χ0n) is 14.1. The Balaban J connectivity index is 1.75. The summed E-state index contributed by atoms with van der Waals surface area (Å²) < 4.78 is 5.28. The second kappa shape index (κ2) is 7.15. The van der Waals surface area contributed by atoms with Gasteiger partial charge in [0, 0.05) is 29.7 Å². The average Bonchev–Trinajstić information content (AvgIpc) is 3.00. The van der Waals surface area contributed by atoms with Crippen LogP contribution in [-0.2, 0) is 9.59 Å². The molecule has 5 nitrogen and oxygen atoms in total. The van der Waals surface area contributed by atoms with Crippen molar-refractivity contribution in [3.8, 4) is 5.75 Å². The highest BCUT2D eigenvalue weighted by Gasteiger charge is 2.35. The van der Waals surface area contributed by atoms with Crippen LogP contribution in [0.1, 0.15) is 12.0 Å². The summed E-state index contributed by atoms with van der Waals surface area (Å²) in [6, 6.07) is 12.8. The van der Waals surface area contributed by atoms with Crippen molar-refractivity contribution in [2.45, 2.75) is 13.3 Å². The van der Waals surface area contributed by atoms with E-state index in [9.17, 15) is 9.59 Å². The Morgan fingerprint density at radius 1 is 1.28 bits per heavy atom. The number of nitrogens with zero attached hydrogens (tertiary/aromatic N) is 1. The average molecular weight is 359 g/mol. The maximum atomic E-state index is 12.6. The van der Waals surface area contributed by atoms with Gasteiger partial charge in [0.15, 0.2) is 0 Å². The van der Waals surface area contributed by atoms with Gasteiger partial charge in [-0.25, -0.2) is 0 Å². The number of amides is 2. The van der Waals surface area contributed by atoms with Gasteiger partial charge in [-0.15, -0.1) is 0 Å². The normalized spacial score (nSPS) is 16.8. The van der Waals surface area contributed by atoms with Crippen LogP contribution in [0.15, 0.2) is 42.5 Å². The molecule has 130 valence electrons. The molecule has 25 heavy (non-hydrogen) atoms. The minimum absolute atomic E-state index is 0.0504. The molecule has 1 N–H and O–H groups in total. The fourth-order valence-electron chi connectivity index (χ4n) is 2.91. The van der Waals surface area contributed by atoms with Crippen LogP contribution < -0.4 is 15.0 Å². The van der Waals surface area contributed by atoms with E-state index in [0.717, 1.165) is 11.3 Å². The van der Waals surface area contributed by atoms with Crippen LogP contribution in [0.5, 0.6) is 5.75 Å². The molecule has 1 saturated heterocycles. The number of ether oxygens (including phenoxy) is 1. The number of benzene rings is 2. The summed E-state index contributed by atoms with van der Waals surface area (Å²) in [5.74, 6) is -0.168. The highest BCUT2D eigenvalue weighted by molar-refractivity contribution is 6.31. The number of carbonyl (C=O) groups excluding carboxylic acids is 2. The van der Waals surface area contributed by atoms with Gasteiger partial charge >= 0.3 is 0 Å². The number of halogens is 1. The molecule has 2 aromatic carbocycles. The van der Waals surface area contributed by atoms with E-state index in [1.54, 1.807) is 17.0 Å². The van der Waals surface area contributed by atoms with Gasteiger partial charge in [-0.05, 0) is 30.7 Å². The molecule has 2 aromatic rings. The maximum absolute atomic E-state index is 12.6. The minimum Gasteiger partial charge on any atom is -0.495 e. The van der Waals surface area contributed by atoms with Crippen molar-refractivity contribution in [3.63, 3.8) is 0 Å². The van der Waals surface area contributed by atoms with E-state index in [2.05, 4.69) is 5.32 Å². The molecule has 1 atom stereocenters. The Hall–Kier alpha value is -2.53. The first kappa shape index (κ1) is 17.3. The summed E-state index contributed by atoms with van der Waals surface area (Å²) in [4.78, 5) is 26.5. The number of hydrogen-bond acceptors (Lipinski definition) is 3. The largest absolute Gasteiger partial charge is 0.495 e. The summed E-state index contributed by atoms with van der Waals surface area (Å²) in [5, 5.41) is 3.43. The van der Waals surface area contributed by atoms with E-state index >= 15 is 0 Å². The first-order chi connectivity index (χ1) is 12.0. The number of nitrogens with one attached hydrogen (secondary N) is 1. The van der Waals surface area contributed by atoms with Gasteiger partial charge in [-0.3, -0.25) is 9.59 Å². The number of para-hydroxylation sites is 1. The third kappa shape index (κ3) is 3.61. The smallest absolute Gasteiger partial charge is 0.229 e. The van der Waals surface area contributed by atoms with E-state index in [1.165, 1.54) is 7.11 Å². The molecule has 0 bridgehead atoms. The van der Waals surface area contributed by atoms with Crippen LogP contribution >= 0.6 is 11.6 Å². The highest BCUT2D eigenvalue weighted by atomic mass is 35.5. The molecule has 1 unspecified atom stereocenters. The summed E-state index contributed by atoms with van der Waals surface area (Å²) in [7, 11) is 1.52. The topological polar surface area (TPSA) is 58.6 Å². The molecule has 0 aromatic heterocycles. The number of aryl methyl sites for hydroxylation is 1. The van der Waals surface area contributed by atoms with Gasteiger partial charge in [-0.1, -0.05) is 29.8 Å². The second-order valence-electron chi connectivity index (χ2n) is 6.03. The fourth-order valence-corrected chi connectivity index (χ4v) is 3.06. The molecule has 1 aliphatic heterocycles. The van der Waals surface area contributed by atoms with E-state index < -0.39 is 5.92 Å². The van der Waals surface area contributed by atoms with Crippen molar-refractivity contribution in [1.82, 2.24) is 0 Å². The molecule has 1 aliphatic rings. The van der Waals surface area contributed by atoms with E-state index in [1.807, 2.05) is 37.3 Å². The summed E-state index contributed by atoms with van der Waals surface area (Å²) in [6.45, 7) is 2.22. The van der Waals surface area contributed by atoms with Crippen LogP contribution in [0.25, 0.3) is 0 Å². The van der Waals surface area contributed by atoms with Crippen LogP contribution in [0, 0.1) is 12.8 Å². The van der Waals surface area contributed by atoms with Crippen LogP contribution in [0.3, 0.4) is 0 Å². The fraction of sp³-hybridized carbons (Fsp3) is 0.263. The summed E-state index contributed by atoms with van der Waals surface area (Å²) >= 11 is 6.09. The van der Waals surface area contributed by atoms with Crippen molar-refractivity contribution in [3.05, 3.63) is 53.1 Å². The second-order valence-corrected chi connectivity index (χ2v) is 6.44. The SMILES string of the molecule is COc1cc(Cl)c(C)cc1NC(=O)C1CC(=O)N(c2ccccc2)C1. The quantitative estimate of drug-likeness (QED) is 0.907. The molecule has 6 heteroatoms. The van der Waals surface area contributed by atoms with Crippen LogP contribution in [0.4, 0.5) is 11.4 Å². The standard InChI is InChI=1S/C19H19ClN2O3/c1-12-8-16(17(25-2)10-15(12)20)21-19(24)13-9-18(23)22(11-13)14-6-4-3-5-7-14/h3-8,10,13H,9,11H2,1-2H3,(H,21,24). The molecule has 1 fully saturated rings. The van der Waals surface area contributed by atoms with Crippen molar-refractivity contribution in [1.29, 1.82) is 0 Å². The molecule has 2 amide bonds. The Labute approximate surface area is 151 Å². The van der Waals surface area contributed by atoms with Crippen molar-refractivity contribution >= 4 is 34.8 Å². The Kier molecular flexibility index (Phi) is 4.95. The van der Waals surface area contributed by atoms with Crippen LogP contribution in [-0.4, -0.2) is 25.5 Å². The lowest BCUT2D eigenvalue weighted by Crippen LogP contribution is -2.28. The van der Waals surface area contributed by atoms with Gasteiger partial charge < -0.3 is 15.0 Å². The van der Waals surface area contributed by atoms with Gasteiger partial charge in [0.1, 0.15) is 5.75 Å². The minimum atomic E-state index is -0.409. The zero-order chi connectivity index (χ0) is 18.0. The van der Waals surface area contributed by atoms with Gasteiger partial charge in [0.2, 0.25) is 11.8 Å². The molecule has 0 radical (unpaired) electrons. The Morgan fingerprint density at radius 3 is 2.68 bits per heavy atom. The highest BCUT2D eigenvalue weighted by Crippen LogP contribution is 2.32. The van der Waals surface area contributed by atoms with E-state index in [0.29, 0.717) is 23.0 Å². The number of rotatable bonds is 4. The number of hydrogen-bond donors (Lipinski definition) is 1. The predicted octanol–water partition coefficient (Wildman–Crippen LogP) is 3.65. The van der Waals surface area contributed by atoms with Crippen LogP contribution in [0.2, 0.25) is 5.02 Å². The molecule has 1 heterocycles. The monoisotopic (exact) mass is 358 g/mol. The van der Waals surface area contributed by atoms with Gasteiger partial charge in [0.05, 0.1) is 18.7 Å². The third-order valence-electron chi connectivity index (χ3n) is 4.30. The first-order valence-electron chi connectivity index (χ1n) is 8.00. The van der Waals surface area contributed by atoms with Crippen molar-refractivity contribution < 1.29 is 14.3 Å². The summed E-state index contributed by atoms with van der Waals surface area (Å²) in [5.41, 5.74) is 2.20. The number of anilines is 2. The van der Waals surface area contributed by atoms with Gasteiger partial charge in [0.25, 0.3) is 0 Å². The predicted molar refractivity (Wildman–Crippen MR) is 98.3 cm³/mol. The Morgan fingerprint density at radius 2 is 2.00 bits per heavy atom. The van der Waals surface area contributed by atoms with Crippen molar-refractivity contribution in [2.24, 2.45) is 5.92 Å². The lowest BCUT2D eigenvalue weighted by molar-refractivity contribution is -0.122. The summed E-state index contributed by atoms with van der Waals surface area (Å²) in [6.07, 6.45) is 0.190. The lowest BCUT2D eigenvalue weighted by atomic mass is 10.1. The lowest BCUT2D eigenvalue weighted by Gasteiger charge is -2.17. The van der Waals surface area contributed by atoms with Crippen molar-refractivity contribution in [2.75, 3.05) is 23.9 Å². The van der Waals surface area contributed by atoms with E-state index in [4.69, 9.17) is 16.3 Å². The van der Waals surface area contributed by atoms with Gasteiger partial charge in [-0.2, -0.15) is 0 Å². The zero-order valence-corrected chi connectivity index (χ0v) is 14.8. The molecule has 0 aliphatic carbocycles. The first-order valence-corrected chi connectivity index (χ1v) is 8.38. The molecule has 0 saturated carbocycles. The molecule has 3 rings (SSSR count). The Bertz CT molecular complexity index is 808. The molecule has 0 spiro atoms. The van der Waals surface area contributed by atoms with E-state index in [-0.39, 0.29) is 18.2 Å². The number of methoxy groups -OCH3 is 1. The maximum Gasteiger partial charge on any atom is 0.229 e. The number of carbonyl (C=O) groups is 2.